The lowest BCUT2D eigenvalue weighted by Gasteiger charge is -2.14. The first-order chi connectivity index (χ1) is 17.5. The van der Waals surface area contributed by atoms with Crippen LogP contribution >= 0.6 is 0 Å². The molecule has 2 aromatic carbocycles. The van der Waals surface area contributed by atoms with Gasteiger partial charge in [0, 0.05) is 41.5 Å². The van der Waals surface area contributed by atoms with E-state index in [-0.39, 0.29) is 5.91 Å². The van der Waals surface area contributed by atoms with Crippen LogP contribution in [0.15, 0.2) is 54.7 Å². The van der Waals surface area contributed by atoms with Crippen molar-refractivity contribution >= 4 is 23.2 Å². The monoisotopic (exact) mass is 479 g/mol. The Morgan fingerprint density at radius 2 is 1.97 bits per heavy atom. The summed E-state index contributed by atoms with van der Waals surface area (Å²) in [5.74, 6) is 7.05. The number of pyridine rings is 1. The second kappa shape index (κ2) is 11.7. The number of methoxy groups -OCH3 is 1. The van der Waals surface area contributed by atoms with Gasteiger partial charge in [-0.2, -0.15) is 0 Å². The van der Waals surface area contributed by atoms with Gasteiger partial charge in [-0.05, 0) is 79.4 Å². The molecule has 1 aliphatic rings. The molecule has 0 radical (unpaired) electrons. The lowest BCUT2D eigenvalue weighted by atomic mass is 9.94. The molecule has 0 saturated heterocycles. The smallest absolute Gasteiger partial charge is 0.256 e. The molecule has 1 aliphatic heterocycles. The minimum absolute atomic E-state index is 0.113. The summed E-state index contributed by atoms with van der Waals surface area (Å²) >= 11 is 0. The van der Waals surface area contributed by atoms with Gasteiger partial charge in [0.1, 0.15) is 11.4 Å². The van der Waals surface area contributed by atoms with E-state index >= 15 is 0 Å². The van der Waals surface area contributed by atoms with Gasteiger partial charge in [0.15, 0.2) is 0 Å². The molecule has 36 heavy (non-hydrogen) atoms. The fourth-order valence-corrected chi connectivity index (χ4v) is 4.48. The van der Waals surface area contributed by atoms with Gasteiger partial charge in [-0.3, -0.25) is 4.79 Å². The number of hydrogen-bond donors (Lipinski definition) is 1. The van der Waals surface area contributed by atoms with Crippen molar-refractivity contribution in [3.8, 4) is 28.7 Å². The first-order valence-electron chi connectivity index (χ1n) is 12.5. The average molecular weight is 480 g/mol. The molecule has 1 N–H and O–H groups in total. The zero-order valence-electron chi connectivity index (χ0n) is 21.5. The zero-order valence-corrected chi connectivity index (χ0v) is 21.5. The van der Waals surface area contributed by atoms with Crippen molar-refractivity contribution < 1.29 is 9.53 Å². The Hall–Kier alpha value is -3.88. The SMILES string of the molecule is CCCN(C)CCC#Cc1ccc(/C=C2\C(=O)Nc3ccc(-c4c(CC)cccc4OC)cc32)cn1. The van der Waals surface area contributed by atoms with Gasteiger partial charge in [0.05, 0.1) is 7.11 Å². The van der Waals surface area contributed by atoms with Gasteiger partial charge in [-0.25, -0.2) is 4.98 Å². The summed E-state index contributed by atoms with van der Waals surface area (Å²) in [4.78, 5) is 19.6. The minimum atomic E-state index is -0.113. The summed E-state index contributed by atoms with van der Waals surface area (Å²) in [6.07, 6.45) is 6.50. The van der Waals surface area contributed by atoms with Crippen LogP contribution < -0.4 is 10.1 Å². The Bertz CT molecular complexity index is 1310. The topological polar surface area (TPSA) is 54.5 Å². The van der Waals surface area contributed by atoms with Crippen molar-refractivity contribution in [1.29, 1.82) is 0 Å². The van der Waals surface area contributed by atoms with E-state index in [4.69, 9.17) is 4.74 Å². The van der Waals surface area contributed by atoms with Crippen LogP contribution in [0.25, 0.3) is 22.8 Å². The molecule has 0 bridgehead atoms. The second-order valence-corrected chi connectivity index (χ2v) is 8.95. The Morgan fingerprint density at radius 3 is 2.69 bits per heavy atom. The quantitative estimate of drug-likeness (QED) is 0.323. The number of aryl methyl sites for hydroxylation is 1. The summed E-state index contributed by atoms with van der Waals surface area (Å²) in [6.45, 7) is 6.35. The van der Waals surface area contributed by atoms with Crippen molar-refractivity contribution in [1.82, 2.24) is 9.88 Å². The van der Waals surface area contributed by atoms with Crippen LogP contribution in [0.3, 0.4) is 0 Å². The number of hydrogen-bond acceptors (Lipinski definition) is 4. The van der Waals surface area contributed by atoms with Crippen LogP contribution in [0.4, 0.5) is 5.69 Å². The lowest BCUT2D eigenvalue weighted by Crippen LogP contribution is -2.19. The van der Waals surface area contributed by atoms with E-state index in [1.54, 1.807) is 13.3 Å². The van der Waals surface area contributed by atoms with Gasteiger partial charge >= 0.3 is 0 Å². The van der Waals surface area contributed by atoms with Crippen LogP contribution in [-0.4, -0.2) is 43.0 Å². The van der Waals surface area contributed by atoms with Crippen LogP contribution in [0.1, 0.15) is 49.1 Å². The summed E-state index contributed by atoms with van der Waals surface area (Å²) in [5.41, 5.74) is 7.20. The Labute approximate surface area is 214 Å². The van der Waals surface area contributed by atoms with E-state index in [1.165, 1.54) is 5.56 Å². The second-order valence-electron chi connectivity index (χ2n) is 8.95. The highest BCUT2D eigenvalue weighted by Crippen LogP contribution is 2.40. The maximum atomic E-state index is 12.8. The number of rotatable bonds is 8. The van der Waals surface area contributed by atoms with Gasteiger partial charge in [-0.15, -0.1) is 0 Å². The Kier molecular flexibility index (Phi) is 8.20. The zero-order chi connectivity index (χ0) is 25.5. The van der Waals surface area contributed by atoms with Crippen molar-refractivity contribution in [3.63, 3.8) is 0 Å². The van der Waals surface area contributed by atoms with Crippen molar-refractivity contribution in [2.75, 3.05) is 32.6 Å². The van der Waals surface area contributed by atoms with Crippen LogP contribution in [0, 0.1) is 11.8 Å². The third-order valence-corrected chi connectivity index (χ3v) is 6.34. The number of ether oxygens (including phenoxy) is 1. The number of nitrogens with one attached hydrogen (secondary N) is 1. The Balaban J connectivity index is 1.58. The number of aromatic nitrogens is 1. The van der Waals surface area contributed by atoms with Crippen LogP contribution in [0.2, 0.25) is 0 Å². The molecular weight excluding hydrogens is 446 g/mol. The van der Waals surface area contributed by atoms with E-state index in [0.717, 1.165) is 71.7 Å². The number of fused-ring (bicyclic) bond motifs is 1. The fourth-order valence-electron chi connectivity index (χ4n) is 4.48. The molecule has 2 heterocycles. The molecule has 0 saturated carbocycles. The van der Waals surface area contributed by atoms with Crippen LogP contribution in [0.5, 0.6) is 5.75 Å². The highest BCUT2D eigenvalue weighted by molar-refractivity contribution is 6.35. The van der Waals surface area contributed by atoms with E-state index < -0.39 is 0 Å². The molecule has 0 aliphatic carbocycles. The Morgan fingerprint density at radius 1 is 1.11 bits per heavy atom. The summed E-state index contributed by atoms with van der Waals surface area (Å²) in [7, 11) is 3.80. The summed E-state index contributed by atoms with van der Waals surface area (Å²) < 4.78 is 5.66. The number of carbonyl (C=O) groups is 1. The van der Waals surface area contributed by atoms with E-state index in [1.807, 2.05) is 42.5 Å². The maximum absolute atomic E-state index is 12.8. The van der Waals surface area contributed by atoms with E-state index in [0.29, 0.717) is 5.57 Å². The van der Waals surface area contributed by atoms with Crippen molar-refractivity contribution in [2.24, 2.45) is 0 Å². The molecule has 0 spiro atoms. The molecule has 3 aromatic rings. The maximum Gasteiger partial charge on any atom is 0.256 e. The summed E-state index contributed by atoms with van der Waals surface area (Å²) in [5, 5.41) is 2.98. The number of amides is 1. The van der Waals surface area contributed by atoms with Crippen LogP contribution in [-0.2, 0) is 11.2 Å². The number of anilines is 1. The third kappa shape index (κ3) is 5.67. The molecule has 1 aromatic heterocycles. The normalized spacial score (nSPS) is 13.4. The lowest BCUT2D eigenvalue weighted by molar-refractivity contribution is -0.110. The first-order valence-corrected chi connectivity index (χ1v) is 12.5. The predicted molar refractivity (Wildman–Crippen MR) is 148 cm³/mol. The summed E-state index contributed by atoms with van der Waals surface area (Å²) in [6, 6.07) is 16.0. The molecule has 4 rings (SSSR count). The van der Waals surface area contributed by atoms with E-state index in [9.17, 15) is 4.79 Å². The minimum Gasteiger partial charge on any atom is -0.496 e. The largest absolute Gasteiger partial charge is 0.496 e. The third-order valence-electron chi connectivity index (χ3n) is 6.34. The first kappa shape index (κ1) is 25.2. The van der Waals surface area contributed by atoms with Gasteiger partial charge in [0.2, 0.25) is 0 Å². The highest BCUT2D eigenvalue weighted by atomic mass is 16.5. The molecule has 184 valence electrons. The van der Waals surface area contributed by atoms with E-state index in [2.05, 4.69) is 60.1 Å². The standard InChI is InChI=1S/C31H33N3O2/c1-5-17-34(3)18-8-7-11-25-15-13-22(21-32-25)19-27-26-20-24(14-16-28(26)33-31(27)35)30-23(6-2)10-9-12-29(30)36-4/h9-10,12-16,19-21H,5-6,8,17-18H2,1-4H3,(H,33,35)/b27-19-. The molecule has 0 fully saturated rings. The number of benzene rings is 2. The molecule has 5 heteroatoms. The number of carbonyl (C=O) groups excluding carboxylic acids is 1. The van der Waals surface area contributed by atoms with Crippen molar-refractivity contribution in [2.45, 2.75) is 33.1 Å². The molecular formula is C31H33N3O2. The van der Waals surface area contributed by atoms with Crippen molar-refractivity contribution in [3.05, 3.63) is 77.1 Å². The average Bonchev–Trinajstić information content (AvgIpc) is 3.21. The predicted octanol–water partition coefficient (Wildman–Crippen LogP) is 5.90. The molecule has 0 unspecified atom stereocenters. The molecule has 0 atom stereocenters. The van der Waals surface area contributed by atoms with Gasteiger partial charge in [-0.1, -0.05) is 44.0 Å². The fraction of sp³-hybridized carbons (Fsp3) is 0.290. The van der Waals surface area contributed by atoms with Gasteiger partial charge < -0.3 is 15.0 Å². The molecule has 1 amide bonds. The molecule has 5 nitrogen and oxygen atoms in total. The number of nitrogens with zero attached hydrogens (tertiary/aromatic N) is 2. The highest BCUT2D eigenvalue weighted by Gasteiger charge is 2.25. The van der Waals surface area contributed by atoms with Gasteiger partial charge in [0.25, 0.3) is 5.91 Å².